The van der Waals surface area contributed by atoms with E-state index in [1.54, 1.807) is 0 Å². The third-order valence-electron chi connectivity index (χ3n) is 4.51. The lowest BCUT2D eigenvalue weighted by atomic mass is 9.89. The van der Waals surface area contributed by atoms with Crippen molar-refractivity contribution in [1.82, 2.24) is 6.15 Å². The highest BCUT2D eigenvalue weighted by Crippen LogP contribution is 2.23. The Kier molecular flexibility index (Phi) is 15.8. The van der Waals surface area contributed by atoms with Gasteiger partial charge in [-0.05, 0) is 37.8 Å². The Bertz CT molecular complexity index is 399. The molecule has 0 aliphatic heterocycles. The lowest BCUT2D eigenvalue weighted by Crippen LogP contribution is -2.30. The average Bonchev–Trinajstić information content (AvgIpc) is 2.48. The molecular weight excluding hydrogens is 316 g/mol. The minimum absolute atomic E-state index is 0. The number of rotatable bonds is 12. The topological polar surface area (TPSA) is 61.0 Å². The first-order valence-corrected chi connectivity index (χ1v) is 9.43. The zero-order valence-corrected chi connectivity index (χ0v) is 17.1. The van der Waals surface area contributed by atoms with E-state index in [2.05, 4.69) is 45.0 Å². The Morgan fingerprint density at radius 3 is 1.75 bits per heavy atom. The zero-order chi connectivity index (χ0) is 16.3. The molecule has 1 aromatic carbocycles. The standard InChI is InChI=1S/C21H37N.ClH.H3N/c1-4-5-6-7-8-9-10-11-12-13-16-19-17-14-15-18-20(19)21(2,3)22;;/h14-15,17-18H,4-13,16,22H2,1-3H3;1H;1H3. The van der Waals surface area contributed by atoms with Crippen LogP contribution in [0, 0.1) is 0 Å². The van der Waals surface area contributed by atoms with E-state index in [0.29, 0.717) is 0 Å². The summed E-state index contributed by atoms with van der Waals surface area (Å²) in [5, 5.41) is 0. The molecule has 0 aromatic heterocycles. The van der Waals surface area contributed by atoms with Crippen molar-refractivity contribution in [2.75, 3.05) is 0 Å². The Morgan fingerprint density at radius 2 is 1.25 bits per heavy atom. The fraction of sp³-hybridized carbons (Fsp3) is 0.714. The van der Waals surface area contributed by atoms with Gasteiger partial charge in [0.15, 0.2) is 0 Å². The van der Waals surface area contributed by atoms with Gasteiger partial charge in [-0.15, -0.1) is 12.4 Å². The predicted octanol–water partition coefficient (Wildman–Crippen LogP) is 6.93. The number of nitrogens with two attached hydrogens (primary N) is 1. The molecule has 1 aromatic rings. The lowest BCUT2D eigenvalue weighted by molar-refractivity contribution is 0.538. The summed E-state index contributed by atoms with van der Waals surface area (Å²) in [7, 11) is 0. The first-order chi connectivity index (χ1) is 10.6. The Morgan fingerprint density at radius 1 is 0.792 bits per heavy atom. The van der Waals surface area contributed by atoms with E-state index in [1.807, 2.05) is 0 Å². The fourth-order valence-corrected chi connectivity index (χ4v) is 3.17. The number of benzene rings is 1. The van der Waals surface area contributed by atoms with Gasteiger partial charge in [-0.1, -0.05) is 89.0 Å². The molecule has 0 radical (unpaired) electrons. The summed E-state index contributed by atoms with van der Waals surface area (Å²) in [5.41, 5.74) is 8.80. The van der Waals surface area contributed by atoms with Crippen LogP contribution in [0.1, 0.15) is 96.1 Å². The van der Waals surface area contributed by atoms with Crippen LogP contribution in [-0.4, -0.2) is 0 Å². The molecule has 5 N–H and O–H groups in total. The summed E-state index contributed by atoms with van der Waals surface area (Å²) in [4.78, 5) is 0. The zero-order valence-electron chi connectivity index (χ0n) is 16.3. The Balaban J connectivity index is 0. The van der Waals surface area contributed by atoms with Crippen LogP contribution in [-0.2, 0) is 12.0 Å². The van der Waals surface area contributed by atoms with Crippen LogP contribution in [0.25, 0.3) is 0 Å². The van der Waals surface area contributed by atoms with Crippen LogP contribution in [0.4, 0.5) is 0 Å². The van der Waals surface area contributed by atoms with Crippen LogP contribution in [0.3, 0.4) is 0 Å². The molecule has 0 heterocycles. The third-order valence-corrected chi connectivity index (χ3v) is 4.51. The minimum Gasteiger partial charge on any atom is -0.344 e. The molecule has 2 nitrogen and oxygen atoms in total. The van der Waals surface area contributed by atoms with Crippen molar-refractivity contribution < 1.29 is 0 Å². The monoisotopic (exact) mass is 356 g/mol. The van der Waals surface area contributed by atoms with Crippen molar-refractivity contribution in [3.05, 3.63) is 35.4 Å². The summed E-state index contributed by atoms with van der Waals surface area (Å²) >= 11 is 0. The number of hydrogen-bond donors (Lipinski definition) is 2. The molecule has 0 amide bonds. The van der Waals surface area contributed by atoms with Crippen molar-refractivity contribution in [2.24, 2.45) is 5.73 Å². The smallest absolute Gasteiger partial charge is 0.0355 e. The molecular formula is C21H41ClN2. The lowest BCUT2D eigenvalue weighted by Gasteiger charge is -2.23. The normalized spacial score (nSPS) is 10.8. The quantitative estimate of drug-likeness (QED) is 0.399. The van der Waals surface area contributed by atoms with Gasteiger partial charge in [-0.25, -0.2) is 0 Å². The fourth-order valence-electron chi connectivity index (χ4n) is 3.17. The van der Waals surface area contributed by atoms with E-state index in [9.17, 15) is 0 Å². The van der Waals surface area contributed by atoms with Crippen LogP contribution in [0.15, 0.2) is 24.3 Å². The highest BCUT2D eigenvalue weighted by molar-refractivity contribution is 5.85. The van der Waals surface area contributed by atoms with Gasteiger partial charge in [0.05, 0.1) is 0 Å². The second-order valence-electron chi connectivity index (χ2n) is 7.31. The molecule has 0 fully saturated rings. The van der Waals surface area contributed by atoms with Gasteiger partial charge < -0.3 is 11.9 Å². The van der Waals surface area contributed by atoms with Crippen LogP contribution in [0.5, 0.6) is 0 Å². The molecule has 0 spiro atoms. The summed E-state index contributed by atoms with van der Waals surface area (Å²) in [5.74, 6) is 0. The highest BCUT2D eigenvalue weighted by Gasteiger charge is 2.17. The van der Waals surface area contributed by atoms with Crippen molar-refractivity contribution >= 4 is 12.4 Å². The van der Waals surface area contributed by atoms with E-state index in [-0.39, 0.29) is 24.1 Å². The second kappa shape index (κ2) is 14.7. The molecule has 142 valence electrons. The Labute approximate surface area is 157 Å². The first kappa shape index (κ1) is 25.7. The largest absolute Gasteiger partial charge is 0.344 e. The van der Waals surface area contributed by atoms with Gasteiger partial charge >= 0.3 is 0 Å². The average molecular weight is 357 g/mol. The molecule has 0 saturated carbocycles. The third kappa shape index (κ3) is 11.1. The van der Waals surface area contributed by atoms with Gasteiger partial charge in [-0.2, -0.15) is 0 Å². The molecule has 0 bridgehead atoms. The molecule has 0 aliphatic rings. The van der Waals surface area contributed by atoms with Crippen LogP contribution >= 0.6 is 12.4 Å². The maximum Gasteiger partial charge on any atom is 0.0355 e. The van der Waals surface area contributed by atoms with Crippen LogP contribution < -0.4 is 11.9 Å². The van der Waals surface area contributed by atoms with E-state index in [0.717, 1.165) is 0 Å². The van der Waals surface area contributed by atoms with Crippen molar-refractivity contribution in [3.8, 4) is 0 Å². The molecule has 0 saturated heterocycles. The van der Waals surface area contributed by atoms with E-state index in [4.69, 9.17) is 5.73 Å². The van der Waals surface area contributed by atoms with Gasteiger partial charge in [0.25, 0.3) is 0 Å². The van der Waals surface area contributed by atoms with Crippen molar-refractivity contribution in [3.63, 3.8) is 0 Å². The molecule has 3 heteroatoms. The van der Waals surface area contributed by atoms with Crippen LogP contribution in [0.2, 0.25) is 0 Å². The molecule has 0 aliphatic carbocycles. The van der Waals surface area contributed by atoms with Gasteiger partial charge in [-0.3, -0.25) is 0 Å². The first-order valence-electron chi connectivity index (χ1n) is 9.43. The van der Waals surface area contributed by atoms with E-state index < -0.39 is 0 Å². The van der Waals surface area contributed by atoms with E-state index >= 15 is 0 Å². The van der Waals surface area contributed by atoms with Gasteiger partial charge in [0, 0.05) is 5.54 Å². The summed E-state index contributed by atoms with van der Waals surface area (Å²) in [6, 6.07) is 8.68. The summed E-state index contributed by atoms with van der Waals surface area (Å²) in [6.45, 7) is 6.48. The number of halogens is 1. The van der Waals surface area contributed by atoms with E-state index in [1.165, 1.54) is 81.8 Å². The molecule has 0 atom stereocenters. The SMILES string of the molecule is CCCCCCCCCCCCc1ccccc1C(C)(C)N.Cl.N. The Hall–Kier alpha value is -0.570. The number of aryl methyl sites for hydroxylation is 1. The number of hydrogen-bond acceptors (Lipinski definition) is 2. The van der Waals surface area contributed by atoms with Gasteiger partial charge in [0.1, 0.15) is 0 Å². The van der Waals surface area contributed by atoms with Crippen molar-refractivity contribution in [1.29, 1.82) is 0 Å². The highest BCUT2D eigenvalue weighted by atomic mass is 35.5. The maximum absolute atomic E-state index is 6.28. The summed E-state index contributed by atoms with van der Waals surface area (Å²) < 4.78 is 0. The predicted molar refractivity (Wildman–Crippen MR) is 111 cm³/mol. The summed E-state index contributed by atoms with van der Waals surface area (Å²) in [6.07, 6.45) is 15.1. The maximum atomic E-state index is 6.28. The number of unbranched alkanes of at least 4 members (excludes halogenated alkanes) is 9. The van der Waals surface area contributed by atoms with Crippen molar-refractivity contribution in [2.45, 2.75) is 96.9 Å². The second-order valence-corrected chi connectivity index (χ2v) is 7.31. The molecule has 1 rings (SSSR count). The minimum atomic E-state index is -0.227. The molecule has 24 heavy (non-hydrogen) atoms. The molecule has 0 unspecified atom stereocenters. The van der Waals surface area contributed by atoms with Gasteiger partial charge in [0.2, 0.25) is 0 Å².